The minimum absolute atomic E-state index is 0.297. The summed E-state index contributed by atoms with van der Waals surface area (Å²) in [5, 5.41) is 2.66. The van der Waals surface area contributed by atoms with E-state index in [0.717, 1.165) is 5.56 Å². The van der Waals surface area contributed by atoms with Crippen LogP contribution in [0.25, 0.3) is 0 Å². The van der Waals surface area contributed by atoms with Crippen molar-refractivity contribution in [3.8, 4) is 0 Å². The van der Waals surface area contributed by atoms with Gasteiger partial charge in [-0.05, 0) is 25.1 Å². The first kappa shape index (κ1) is 10.2. The largest absolute Gasteiger partial charge is 0.459 e. The second-order valence-electron chi connectivity index (χ2n) is 3.36. The van der Waals surface area contributed by atoms with Gasteiger partial charge < -0.3 is 15.5 Å². The van der Waals surface area contributed by atoms with E-state index < -0.39 is 0 Å². The van der Waals surface area contributed by atoms with Gasteiger partial charge in [-0.1, -0.05) is 0 Å². The third kappa shape index (κ3) is 2.03. The van der Waals surface area contributed by atoms with Gasteiger partial charge in [0, 0.05) is 5.56 Å². The first-order valence-corrected chi connectivity index (χ1v) is 4.74. The number of nitrogen functional groups attached to an aromatic ring is 1. The monoisotopic (exact) mass is 217 g/mol. The number of carbonyl (C=O) groups excluding carboxylic acids is 1. The maximum absolute atomic E-state index is 11.7. The second kappa shape index (κ2) is 4.06. The molecular formula is C11H11N3O2. The smallest absolute Gasteiger partial charge is 0.291 e. The van der Waals surface area contributed by atoms with E-state index in [0.29, 0.717) is 17.3 Å². The average Bonchev–Trinajstić information content (AvgIpc) is 2.68. The molecule has 0 atom stereocenters. The molecule has 5 nitrogen and oxygen atoms in total. The minimum atomic E-state index is -0.297. The molecule has 0 unspecified atom stereocenters. The van der Waals surface area contributed by atoms with Gasteiger partial charge in [-0.3, -0.25) is 4.79 Å². The van der Waals surface area contributed by atoms with Crippen molar-refractivity contribution in [2.24, 2.45) is 0 Å². The number of aromatic nitrogens is 1. The van der Waals surface area contributed by atoms with Gasteiger partial charge in [-0.15, -0.1) is 0 Å². The van der Waals surface area contributed by atoms with Crippen LogP contribution >= 0.6 is 0 Å². The highest BCUT2D eigenvalue weighted by Crippen LogP contribution is 2.13. The van der Waals surface area contributed by atoms with E-state index in [1.807, 2.05) is 0 Å². The van der Waals surface area contributed by atoms with E-state index in [9.17, 15) is 4.79 Å². The summed E-state index contributed by atoms with van der Waals surface area (Å²) < 4.78 is 5.06. The maximum Gasteiger partial charge on any atom is 0.291 e. The van der Waals surface area contributed by atoms with Crippen molar-refractivity contribution in [1.29, 1.82) is 0 Å². The molecule has 0 aliphatic rings. The lowest BCUT2D eigenvalue weighted by atomic mass is 10.2. The number of rotatable bonds is 2. The Hall–Kier alpha value is -2.30. The molecule has 0 fully saturated rings. The van der Waals surface area contributed by atoms with E-state index in [2.05, 4.69) is 10.3 Å². The summed E-state index contributed by atoms with van der Waals surface area (Å²) in [6.07, 6.45) is 2.97. The minimum Gasteiger partial charge on any atom is -0.459 e. The van der Waals surface area contributed by atoms with Gasteiger partial charge in [0.1, 0.15) is 5.82 Å². The quantitative estimate of drug-likeness (QED) is 0.803. The lowest BCUT2D eigenvalue weighted by molar-refractivity contribution is 0.0996. The Morgan fingerprint density at radius 3 is 2.81 bits per heavy atom. The van der Waals surface area contributed by atoms with Gasteiger partial charge in [0.2, 0.25) is 0 Å². The van der Waals surface area contributed by atoms with Crippen molar-refractivity contribution in [2.75, 3.05) is 11.1 Å². The summed E-state index contributed by atoms with van der Waals surface area (Å²) in [6, 6.07) is 5.03. The van der Waals surface area contributed by atoms with Crippen LogP contribution in [0.5, 0.6) is 0 Å². The molecule has 2 aromatic rings. The van der Waals surface area contributed by atoms with Crippen LogP contribution in [0.2, 0.25) is 0 Å². The lowest BCUT2D eigenvalue weighted by Crippen LogP contribution is -2.12. The zero-order chi connectivity index (χ0) is 11.5. The number of amides is 1. The zero-order valence-electron chi connectivity index (χ0n) is 8.73. The molecule has 0 saturated carbocycles. The summed E-state index contributed by atoms with van der Waals surface area (Å²) in [4.78, 5) is 15.6. The SMILES string of the molecule is Cc1ccoc1C(=O)Nc1ccc(N)nc1. The van der Waals surface area contributed by atoms with Crippen molar-refractivity contribution in [3.63, 3.8) is 0 Å². The Balaban J connectivity index is 2.14. The van der Waals surface area contributed by atoms with Gasteiger partial charge in [0.25, 0.3) is 5.91 Å². The predicted octanol–water partition coefficient (Wildman–Crippen LogP) is 1.82. The highest BCUT2D eigenvalue weighted by atomic mass is 16.3. The molecule has 0 spiro atoms. The third-order valence-corrected chi connectivity index (χ3v) is 2.11. The molecule has 2 aromatic heterocycles. The van der Waals surface area contributed by atoms with Crippen LogP contribution in [0.4, 0.5) is 11.5 Å². The molecule has 16 heavy (non-hydrogen) atoms. The summed E-state index contributed by atoms with van der Waals surface area (Å²) in [5.41, 5.74) is 6.81. The average molecular weight is 217 g/mol. The summed E-state index contributed by atoms with van der Waals surface area (Å²) in [5.74, 6) is 0.415. The fourth-order valence-electron chi connectivity index (χ4n) is 1.27. The Morgan fingerprint density at radius 1 is 1.44 bits per heavy atom. The van der Waals surface area contributed by atoms with Crippen molar-refractivity contribution in [1.82, 2.24) is 4.98 Å². The number of aryl methyl sites for hydroxylation is 1. The van der Waals surface area contributed by atoms with E-state index in [4.69, 9.17) is 10.2 Å². The molecule has 0 radical (unpaired) electrons. The molecular weight excluding hydrogens is 206 g/mol. The molecule has 2 heterocycles. The van der Waals surface area contributed by atoms with Crippen molar-refractivity contribution < 1.29 is 9.21 Å². The van der Waals surface area contributed by atoms with Gasteiger partial charge in [-0.25, -0.2) is 4.98 Å². The van der Waals surface area contributed by atoms with Crippen LogP contribution < -0.4 is 11.1 Å². The van der Waals surface area contributed by atoms with Crippen LogP contribution in [-0.2, 0) is 0 Å². The van der Waals surface area contributed by atoms with E-state index in [1.165, 1.54) is 12.5 Å². The number of nitrogens with two attached hydrogens (primary N) is 1. The van der Waals surface area contributed by atoms with Crippen LogP contribution in [0.3, 0.4) is 0 Å². The van der Waals surface area contributed by atoms with Crippen LogP contribution in [-0.4, -0.2) is 10.9 Å². The Kier molecular flexibility index (Phi) is 2.59. The number of furan rings is 1. The molecule has 0 aliphatic heterocycles. The van der Waals surface area contributed by atoms with E-state index in [-0.39, 0.29) is 5.91 Å². The predicted molar refractivity (Wildman–Crippen MR) is 60.0 cm³/mol. The molecule has 2 rings (SSSR count). The molecule has 0 bridgehead atoms. The molecule has 82 valence electrons. The number of anilines is 2. The van der Waals surface area contributed by atoms with Gasteiger partial charge in [-0.2, -0.15) is 0 Å². The topological polar surface area (TPSA) is 81.2 Å². The summed E-state index contributed by atoms with van der Waals surface area (Å²) in [7, 11) is 0. The lowest BCUT2D eigenvalue weighted by Gasteiger charge is -2.03. The van der Waals surface area contributed by atoms with Gasteiger partial charge >= 0.3 is 0 Å². The standard InChI is InChI=1S/C11H11N3O2/c1-7-4-5-16-10(7)11(15)14-8-2-3-9(12)13-6-8/h2-6H,1H3,(H2,12,13)(H,14,15). The van der Waals surface area contributed by atoms with Gasteiger partial charge in [0.15, 0.2) is 5.76 Å². The van der Waals surface area contributed by atoms with E-state index in [1.54, 1.807) is 25.1 Å². The molecule has 0 aromatic carbocycles. The van der Waals surface area contributed by atoms with E-state index >= 15 is 0 Å². The fraction of sp³-hybridized carbons (Fsp3) is 0.0909. The number of hydrogen-bond donors (Lipinski definition) is 2. The highest BCUT2D eigenvalue weighted by Gasteiger charge is 2.12. The normalized spacial score (nSPS) is 10.1. The molecule has 0 aliphatic carbocycles. The summed E-state index contributed by atoms with van der Waals surface area (Å²) >= 11 is 0. The maximum atomic E-state index is 11.7. The molecule has 5 heteroatoms. The van der Waals surface area contributed by atoms with Crippen LogP contribution in [0, 0.1) is 6.92 Å². The Morgan fingerprint density at radius 2 is 2.25 bits per heavy atom. The first-order chi connectivity index (χ1) is 7.66. The third-order valence-electron chi connectivity index (χ3n) is 2.11. The number of pyridine rings is 1. The zero-order valence-corrected chi connectivity index (χ0v) is 8.73. The molecule has 1 amide bonds. The number of carbonyl (C=O) groups is 1. The van der Waals surface area contributed by atoms with Crippen molar-refractivity contribution in [3.05, 3.63) is 42.0 Å². The van der Waals surface area contributed by atoms with Crippen molar-refractivity contribution >= 4 is 17.4 Å². The fourth-order valence-corrected chi connectivity index (χ4v) is 1.27. The number of nitrogens with zero attached hydrogens (tertiary/aromatic N) is 1. The Labute approximate surface area is 92.3 Å². The number of hydrogen-bond acceptors (Lipinski definition) is 4. The first-order valence-electron chi connectivity index (χ1n) is 4.74. The van der Waals surface area contributed by atoms with Crippen LogP contribution in [0.1, 0.15) is 16.1 Å². The highest BCUT2D eigenvalue weighted by molar-refractivity contribution is 6.03. The molecule has 3 N–H and O–H groups in total. The van der Waals surface area contributed by atoms with Gasteiger partial charge in [0.05, 0.1) is 18.1 Å². The summed E-state index contributed by atoms with van der Waals surface area (Å²) in [6.45, 7) is 1.81. The second-order valence-corrected chi connectivity index (χ2v) is 3.36. The van der Waals surface area contributed by atoms with Crippen molar-refractivity contribution in [2.45, 2.75) is 6.92 Å². The molecule has 0 saturated heterocycles. The van der Waals surface area contributed by atoms with Crippen LogP contribution in [0.15, 0.2) is 35.1 Å². The number of nitrogens with one attached hydrogen (secondary N) is 1. The Bertz CT molecular complexity index is 502.